The fourth-order valence-corrected chi connectivity index (χ4v) is 1.56. The van der Waals surface area contributed by atoms with Crippen LogP contribution in [0.25, 0.3) is 0 Å². The summed E-state index contributed by atoms with van der Waals surface area (Å²) in [5.41, 5.74) is -0.308. The molecular formula is C12H13N3O6S. The van der Waals surface area contributed by atoms with Crippen molar-refractivity contribution in [1.82, 2.24) is 4.72 Å². The lowest BCUT2D eigenvalue weighted by atomic mass is 10.1. The molecule has 4 N–H and O–H groups in total. The third-order valence-corrected chi connectivity index (χ3v) is 2.83. The summed E-state index contributed by atoms with van der Waals surface area (Å²) in [7, 11) is 0. The fourth-order valence-electron chi connectivity index (χ4n) is 1.45. The zero-order valence-corrected chi connectivity index (χ0v) is 12.0. The summed E-state index contributed by atoms with van der Waals surface area (Å²) < 4.78 is 2.06. The number of amides is 1. The number of thiol groups is 1. The van der Waals surface area contributed by atoms with Crippen molar-refractivity contribution >= 4 is 36.3 Å². The van der Waals surface area contributed by atoms with Crippen LogP contribution in [0.15, 0.2) is 28.4 Å². The molecule has 0 saturated heterocycles. The van der Waals surface area contributed by atoms with E-state index in [4.69, 9.17) is 10.2 Å². The van der Waals surface area contributed by atoms with Gasteiger partial charge in [0, 0.05) is 6.42 Å². The maximum atomic E-state index is 11.0. The maximum absolute atomic E-state index is 11.0. The first kappa shape index (κ1) is 17.4. The van der Waals surface area contributed by atoms with Crippen molar-refractivity contribution in [2.75, 3.05) is 0 Å². The van der Waals surface area contributed by atoms with Crippen molar-refractivity contribution in [2.24, 2.45) is 10.2 Å². The molecule has 0 radical (unpaired) electrons. The van der Waals surface area contributed by atoms with E-state index in [0.29, 0.717) is 0 Å². The molecule has 0 fully saturated rings. The first-order valence-electron chi connectivity index (χ1n) is 5.98. The lowest BCUT2D eigenvalue weighted by molar-refractivity contribution is -0.138. The highest BCUT2D eigenvalue weighted by atomic mass is 32.1. The molecule has 1 rings (SSSR count). The summed E-state index contributed by atoms with van der Waals surface area (Å²) in [6, 6.07) is 2.19. The van der Waals surface area contributed by atoms with E-state index in [1.165, 1.54) is 6.07 Å². The molecule has 0 aliphatic carbocycles. The average molecular weight is 327 g/mol. The van der Waals surface area contributed by atoms with Crippen molar-refractivity contribution in [3.63, 3.8) is 0 Å². The Morgan fingerprint density at radius 1 is 1.27 bits per heavy atom. The van der Waals surface area contributed by atoms with Crippen LogP contribution in [0.4, 0.5) is 5.69 Å². The number of phenols is 1. The highest BCUT2D eigenvalue weighted by Gasteiger charge is 2.18. The summed E-state index contributed by atoms with van der Waals surface area (Å²) in [6.45, 7) is 0. The van der Waals surface area contributed by atoms with E-state index in [2.05, 4.69) is 27.8 Å². The zero-order chi connectivity index (χ0) is 16.7. The van der Waals surface area contributed by atoms with Crippen molar-refractivity contribution in [3.8, 4) is 5.75 Å². The molecule has 10 heteroatoms. The molecule has 0 bridgehead atoms. The van der Waals surface area contributed by atoms with E-state index in [-0.39, 0.29) is 24.1 Å². The number of rotatable bonds is 7. The van der Waals surface area contributed by atoms with E-state index in [0.717, 1.165) is 12.1 Å². The van der Waals surface area contributed by atoms with Crippen LogP contribution < -0.4 is 4.72 Å². The first-order valence-corrected chi connectivity index (χ1v) is 6.42. The molecule has 1 unspecified atom stereocenters. The van der Waals surface area contributed by atoms with E-state index < -0.39 is 29.6 Å². The summed E-state index contributed by atoms with van der Waals surface area (Å²) in [4.78, 5) is 32.9. The number of aliphatic carboxylic acids is 1. The van der Waals surface area contributed by atoms with Gasteiger partial charge in [0.1, 0.15) is 11.3 Å². The number of aromatic hydroxyl groups is 1. The minimum atomic E-state index is -1.35. The molecule has 118 valence electrons. The van der Waals surface area contributed by atoms with Gasteiger partial charge in [0.25, 0.3) is 0 Å². The van der Waals surface area contributed by atoms with Crippen molar-refractivity contribution in [2.45, 2.75) is 18.9 Å². The molecule has 0 aliphatic rings. The number of benzene rings is 1. The second-order valence-electron chi connectivity index (χ2n) is 4.15. The average Bonchev–Trinajstić information content (AvgIpc) is 2.47. The molecule has 22 heavy (non-hydrogen) atoms. The van der Waals surface area contributed by atoms with Crippen LogP contribution in [0.3, 0.4) is 0 Å². The molecule has 1 amide bonds. The van der Waals surface area contributed by atoms with Gasteiger partial charge in [0.05, 0.1) is 5.69 Å². The predicted molar refractivity (Wildman–Crippen MR) is 77.4 cm³/mol. The Labute approximate surface area is 130 Å². The minimum Gasteiger partial charge on any atom is -0.507 e. The van der Waals surface area contributed by atoms with Gasteiger partial charge in [0.2, 0.25) is 5.91 Å². The molecule has 1 aromatic rings. The van der Waals surface area contributed by atoms with E-state index in [1.807, 2.05) is 0 Å². The summed E-state index contributed by atoms with van der Waals surface area (Å²) in [5.74, 6) is -3.52. The van der Waals surface area contributed by atoms with Crippen LogP contribution in [0.5, 0.6) is 5.75 Å². The SMILES string of the molecule is O=C(CCC(N=Nc1ccc(O)c(C(=O)O)c1)C(=O)O)NS. The lowest BCUT2D eigenvalue weighted by Gasteiger charge is -2.05. The maximum Gasteiger partial charge on any atom is 0.339 e. The number of carboxylic acids is 2. The van der Waals surface area contributed by atoms with Crippen molar-refractivity contribution in [3.05, 3.63) is 23.8 Å². The van der Waals surface area contributed by atoms with Gasteiger partial charge in [-0.2, -0.15) is 10.2 Å². The smallest absolute Gasteiger partial charge is 0.339 e. The monoisotopic (exact) mass is 327 g/mol. The number of aromatic carboxylic acids is 1. The fraction of sp³-hybridized carbons (Fsp3) is 0.250. The normalized spacial score (nSPS) is 12.0. The third-order valence-electron chi connectivity index (χ3n) is 2.58. The van der Waals surface area contributed by atoms with E-state index in [1.54, 1.807) is 0 Å². The Morgan fingerprint density at radius 2 is 1.95 bits per heavy atom. The highest BCUT2D eigenvalue weighted by Crippen LogP contribution is 2.24. The largest absolute Gasteiger partial charge is 0.507 e. The Morgan fingerprint density at radius 3 is 2.50 bits per heavy atom. The molecular weight excluding hydrogens is 314 g/mol. The van der Waals surface area contributed by atoms with Crippen molar-refractivity contribution < 1.29 is 29.7 Å². The molecule has 1 aromatic carbocycles. The zero-order valence-electron chi connectivity index (χ0n) is 11.1. The number of carboxylic acid groups (broad SMARTS) is 2. The summed E-state index contributed by atoms with van der Waals surface area (Å²) >= 11 is 3.54. The number of nitrogens with one attached hydrogen (secondary N) is 1. The molecule has 0 spiro atoms. The standard InChI is InChI=1S/C12H13N3O6S/c16-9-3-1-6(5-7(9)11(18)19)13-14-8(12(20)21)2-4-10(17)15-22/h1,3,5,8,16,22H,2,4H2,(H,15,17)(H,18,19)(H,20,21). The number of carbonyl (C=O) groups excluding carboxylic acids is 1. The second-order valence-corrected chi connectivity index (χ2v) is 4.37. The number of nitrogens with zero attached hydrogens (tertiary/aromatic N) is 2. The highest BCUT2D eigenvalue weighted by molar-refractivity contribution is 7.78. The van der Waals surface area contributed by atoms with Crippen LogP contribution in [0.1, 0.15) is 23.2 Å². The summed E-state index contributed by atoms with van der Waals surface area (Å²) in [5, 5.41) is 34.4. The minimum absolute atomic E-state index is 0.0695. The lowest BCUT2D eigenvalue weighted by Crippen LogP contribution is -2.21. The number of hydrogen-bond donors (Lipinski definition) is 5. The molecule has 0 aliphatic heterocycles. The van der Waals surface area contributed by atoms with E-state index in [9.17, 15) is 19.5 Å². The number of azo groups is 1. The molecule has 0 saturated carbocycles. The first-order chi connectivity index (χ1) is 10.3. The topological polar surface area (TPSA) is 149 Å². The van der Waals surface area contributed by atoms with Crippen LogP contribution in [0.2, 0.25) is 0 Å². The Balaban J connectivity index is 2.87. The number of carbonyl (C=O) groups is 3. The van der Waals surface area contributed by atoms with Crippen LogP contribution in [-0.4, -0.2) is 39.2 Å². The van der Waals surface area contributed by atoms with Gasteiger partial charge < -0.3 is 20.0 Å². The van der Waals surface area contributed by atoms with Gasteiger partial charge in [-0.1, -0.05) is 12.8 Å². The number of hydrogen-bond acceptors (Lipinski definition) is 7. The Hall–Kier alpha value is -2.62. The Kier molecular flexibility index (Phi) is 6.32. The van der Waals surface area contributed by atoms with Gasteiger partial charge in [0.15, 0.2) is 6.04 Å². The van der Waals surface area contributed by atoms with Crippen LogP contribution in [-0.2, 0) is 9.59 Å². The molecule has 9 nitrogen and oxygen atoms in total. The van der Waals surface area contributed by atoms with Crippen LogP contribution in [0, 0.1) is 0 Å². The summed E-state index contributed by atoms with van der Waals surface area (Å²) in [6.07, 6.45) is -0.190. The van der Waals surface area contributed by atoms with Gasteiger partial charge in [-0.3, -0.25) is 4.79 Å². The van der Waals surface area contributed by atoms with E-state index >= 15 is 0 Å². The molecule has 1 atom stereocenters. The molecule has 0 heterocycles. The van der Waals surface area contributed by atoms with Gasteiger partial charge in [-0.25, -0.2) is 9.59 Å². The quantitative estimate of drug-likeness (QED) is 0.377. The van der Waals surface area contributed by atoms with Gasteiger partial charge >= 0.3 is 11.9 Å². The van der Waals surface area contributed by atoms with Gasteiger partial charge in [-0.15, -0.1) is 0 Å². The molecule has 0 aromatic heterocycles. The van der Waals surface area contributed by atoms with Gasteiger partial charge in [-0.05, 0) is 24.6 Å². The second kappa shape index (κ2) is 7.98. The van der Waals surface area contributed by atoms with Crippen molar-refractivity contribution in [1.29, 1.82) is 0 Å². The predicted octanol–water partition coefficient (Wildman–Crippen LogP) is 1.37. The third kappa shape index (κ3) is 5.05. The Bertz CT molecular complexity index is 619. The van der Waals surface area contributed by atoms with Crippen LogP contribution >= 0.6 is 12.8 Å².